The van der Waals surface area contributed by atoms with Crippen LogP contribution < -0.4 is 5.32 Å². The first-order valence-corrected chi connectivity index (χ1v) is 7.38. The first kappa shape index (κ1) is 13.4. The van der Waals surface area contributed by atoms with E-state index in [9.17, 15) is 0 Å². The van der Waals surface area contributed by atoms with E-state index < -0.39 is 0 Å². The Morgan fingerprint density at radius 2 is 1.94 bits per heavy atom. The summed E-state index contributed by atoms with van der Waals surface area (Å²) < 4.78 is 5.82. The molecule has 2 fully saturated rings. The fraction of sp³-hybridized carbons (Fsp3) is 1.00. The summed E-state index contributed by atoms with van der Waals surface area (Å²) in [6.07, 6.45) is 5.71. The Morgan fingerprint density at radius 3 is 2.47 bits per heavy atom. The maximum atomic E-state index is 5.82. The van der Waals surface area contributed by atoms with Crippen molar-refractivity contribution in [3.8, 4) is 0 Å². The Bertz CT molecular complexity index is 245. The van der Waals surface area contributed by atoms with Crippen molar-refractivity contribution in [2.45, 2.75) is 65.5 Å². The SMILES string of the molecule is CC(C)C1CC(NCC2(C(C)C)CC2)CCO1. The molecule has 2 heteroatoms. The van der Waals surface area contributed by atoms with Crippen molar-refractivity contribution in [2.75, 3.05) is 13.2 Å². The molecular formula is C15H29NO. The highest BCUT2D eigenvalue weighted by atomic mass is 16.5. The van der Waals surface area contributed by atoms with Crippen molar-refractivity contribution in [2.24, 2.45) is 17.3 Å². The lowest BCUT2D eigenvalue weighted by molar-refractivity contribution is -0.0252. The summed E-state index contributed by atoms with van der Waals surface area (Å²) in [7, 11) is 0. The third-order valence-electron chi connectivity index (χ3n) is 4.92. The fourth-order valence-electron chi connectivity index (χ4n) is 2.94. The summed E-state index contributed by atoms with van der Waals surface area (Å²) >= 11 is 0. The second-order valence-corrected chi connectivity index (χ2v) is 6.77. The summed E-state index contributed by atoms with van der Waals surface area (Å²) in [6, 6.07) is 0.687. The minimum Gasteiger partial charge on any atom is -0.378 e. The van der Waals surface area contributed by atoms with Crippen LogP contribution in [0.3, 0.4) is 0 Å². The average molecular weight is 239 g/mol. The Morgan fingerprint density at radius 1 is 1.24 bits per heavy atom. The third kappa shape index (κ3) is 3.23. The van der Waals surface area contributed by atoms with E-state index in [4.69, 9.17) is 4.74 Å². The van der Waals surface area contributed by atoms with Gasteiger partial charge in [0.15, 0.2) is 0 Å². The molecule has 2 aliphatic rings. The summed E-state index contributed by atoms with van der Waals surface area (Å²) in [5.74, 6) is 1.48. The summed E-state index contributed by atoms with van der Waals surface area (Å²) in [6.45, 7) is 11.4. The van der Waals surface area contributed by atoms with Crippen molar-refractivity contribution in [1.29, 1.82) is 0 Å². The molecule has 1 saturated heterocycles. The van der Waals surface area contributed by atoms with Gasteiger partial charge in [-0.05, 0) is 42.9 Å². The lowest BCUT2D eigenvalue weighted by atomic mass is 9.90. The Labute approximate surface area is 107 Å². The van der Waals surface area contributed by atoms with E-state index in [0.717, 1.165) is 12.5 Å². The molecular weight excluding hydrogens is 210 g/mol. The van der Waals surface area contributed by atoms with Crippen LogP contribution in [-0.2, 0) is 4.74 Å². The molecule has 0 aromatic heterocycles. The van der Waals surface area contributed by atoms with Gasteiger partial charge in [0.1, 0.15) is 0 Å². The largest absolute Gasteiger partial charge is 0.378 e. The molecule has 0 aromatic rings. The maximum Gasteiger partial charge on any atom is 0.0612 e. The van der Waals surface area contributed by atoms with Crippen LogP contribution in [-0.4, -0.2) is 25.3 Å². The fourth-order valence-corrected chi connectivity index (χ4v) is 2.94. The zero-order valence-electron chi connectivity index (χ0n) is 12.0. The number of rotatable bonds is 5. The molecule has 1 N–H and O–H groups in total. The molecule has 1 heterocycles. The van der Waals surface area contributed by atoms with Crippen LogP contribution in [0.4, 0.5) is 0 Å². The van der Waals surface area contributed by atoms with Crippen LogP contribution in [0.2, 0.25) is 0 Å². The molecule has 0 bridgehead atoms. The number of ether oxygens (including phenoxy) is 1. The van der Waals surface area contributed by atoms with Gasteiger partial charge in [-0.1, -0.05) is 27.7 Å². The molecule has 0 aromatic carbocycles. The van der Waals surface area contributed by atoms with E-state index in [1.165, 1.54) is 32.2 Å². The van der Waals surface area contributed by atoms with E-state index in [0.29, 0.717) is 23.5 Å². The molecule has 2 atom stereocenters. The molecule has 0 radical (unpaired) electrons. The number of nitrogens with one attached hydrogen (secondary N) is 1. The van der Waals surface area contributed by atoms with E-state index in [-0.39, 0.29) is 0 Å². The summed E-state index contributed by atoms with van der Waals surface area (Å²) in [4.78, 5) is 0. The zero-order chi connectivity index (χ0) is 12.5. The zero-order valence-corrected chi connectivity index (χ0v) is 12.0. The normalized spacial score (nSPS) is 32.1. The quantitative estimate of drug-likeness (QED) is 0.795. The first-order valence-electron chi connectivity index (χ1n) is 7.38. The Kier molecular flexibility index (Phi) is 4.14. The predicted molar refractivity (Wildman–Crippen MR) is 72.1 cm³/mol. The minimum atomic E-state index is 0.468. The van der Waals surface area contributed by atoms with Gasteiger partial charge in [0, 0.05) is 19.2 Å². The van der Waals surface area contributed by atoms with Crippen molar-refractivity contribution in [3.63, 3.8) is 0 Å². The lowest BCUT2D eigenvalue weighted by Crippen LogP contribution is -2.43. The molecule has 0 amide bonds. The molecule has 1 aliphatic carbocycles. The highest BCUT2D eigenvalue weighted by Gasteiger charge is 2.45. The molecule has 1 saturated carbocycles. The van der Waals surface area contributed by atoms with Crippen LogP contribution in [0.15, 0.2) is 0 Å². The average Bonchev–Trinajstić information content (AvgIpc) is 3.08. The second-order valence-electron chi connectivity index (χ2n) is 6.77. The van der Waals surface area contributed by atoms with Crippen LogP contribution in [0.25, 0.3) is 0 Å². The molecule has 2 unspecified atom stereocenters. The van der Waals surface area contributed by atoms with Gasteiger partial charge < -0.3 is 10.1 Å². The molecule has 100 valence electrons. The van der Waals surface area contributed by atoms with Gasteiger partial charge in [-0.25, -0.2) is 0 Å². The van der Waals surface area contributed by atoms with E-state index in [1.54, 1.807) is 0 Å². The van der Waals surface area contributed by atoms with Crippen LogP contribution in [0.1, 0.15) is 53.4 Å². The standard InChI is InChI=1S/C15H29NO/c1-11(2)14-9-13(5-8-17-14)16-10-15(6-7-15)12(3)4/h11-14,16H,5-10H2,1-4H3. The molecule has 2 rings (SSSR count). The molecule has 1 aliphatic heterocycles. The van der Waals surface area contributed by atoms with E-state index >= 15 is 0 Å². The van der Waals surface area contributed by atoms with E-state index in [2.05, 4.69) is 33.0 Å². The van der Waals surface area contributed by atoms with Gasteiger partial charge in [0.05, 0.1) is 6.10 Å². The topological polar surface area (TPSA) is 21.3 Å². The van der Waals surface area contributed by atoms with Crippen molar-refractivity contribution >= 4 is 0 Å². The van der Waals surface area contributed by atoms with Gasteiger partial charge in [-0.15, -0.1) is 0 Å². The predicted octanol–water partition coefficient (Wildman–Crippen LogP) is 3.22. The highest BCUT2D eigenvalue weighted by Crippen LogP contribution is 2.51. The molecule has 2 nitrogen and oxygen atoms in total. The third-order valence-corrected chi connectivity index (χ3v) is 4.92. The maximum absolute atomic E-state index is 5.82. The molecule has 0 spiro atoms. The van der Waals surface area contributed by atoms with Crippen molar-refractivity contribution in [1.82, 2.24) is 5.32 Å². The summed E-state index contributed by atoms with van der Waals surface area (Å²) in [5, 5.41) is 3.81. The van der Waals surface area contributed by atoms with Crippen LogP contribution in [0.5, 0.6) is 0 Å². The number of hydrogen-bond acceptors (Lipinski definition) is 2. The van der Waals surface area contributed by atoms with Gasteiger partial charge in [-0.2, -0.15) is 0 Å². The highest BCUT2D eigenvalue weighted by molar-refractivity contribution is 4.98. The van der Waals surface area contributed by atoms with Gasteiger partial charge >= 0.3 is 0 Å². The monoisotopic (exact) mass is 239 g/mol. The number of hydrogen-bond donors (Lipinski definition) is 1. The smallest absolute Gasteiger partial charge is 0.0612 e. The van der Waals surface area contributed by atoms with Crippen molar-refractivity contribution in [3.05, 3.63) is 0 Å². The van der Waals surface area contributed by atoms with Gasteiger partial charge in [-0.3, -0.25) is 0 Å². The van der Waals surface area contributed by atoms with E-state index in [1.807, 2.05) is 0 Å². The van der Waals surface area contributed by atoms with Gasteiger partial charge in [0.25, 0.3) is 0 Å². The molecule has 17 heavy (non-hydrogen) atoms. The van der Waals surface area contributed by atoms with Crippen molar-refractivity contribution < 1.29 is 4.74 Å². The van der Waals surface area contributed by atoms with Crippen LogP contribution >= 0.6 is 0 Å². The summed E-state index contributed by atoms with van der Waals surface area (Å²) in [5.41, 5.74) is 0.631. The lowest BCUT2D eigenvalue weighted by Gasteiger charge is -2.34. The second kappa shape index (κ2) is 5.27. The first-order chi connectivity index (χ1) is 8.03. The Balaban J connectivity index is 1.76. The minimum absolute atomic E-state index is 0.468. The Hall–Kier alpha value is -0.0800. The van der Waals surface area contributed by atoms with Crippen LogP contribution in [0, 0.1) is 17.3 Å². The van der Waals surface area contributed by atoms with Gasteiger partial charge in [0.2, 0.25) is 0 Å².